The van der Waals surface area contributed by atoms with Gasteiger partial charge in [-0.25, -0.2) is 0 Å². The molecule has 0 aromatic carbocycles. The highest BCUT2D eigenvalue weighted by Crippen LogP contribution is 2.03. The summed E-state index contributed by atoms with van der Waals surface area (Å²) in [5.41, 5.74) is 0. The number of carbonyl (C=O) groups excluding carboxylic acids is 1. The van der Waals surface area contributed by atoms with E-state index in [9.17, 15) is 13.2 Å². The van der Waals surface area contributed by atoms with E-state index in [2.05, 4.69) is 4.72 Å². The van der Waals surface area contributed by atoms with Crippen LogP contribution in [0.1, 0.15) is 33.6 Å². The maximum Gasteiger partial charge on any atom is 0.280 e. The smallest absolute Gasteiger partial charge is 0.280 e. The zero-order chi connectivity index (χ0) is 14.3. The Morgan fingerprint density at radius 1 is 1.17 bits per heavy atom. The van der Waals surface area contributed by atoms with Crippen molar-refractivity contribution in [3.05, 3.63) is 0 Å². The number of rotatable bonds is 8. The van der Waals surface area contributed by atoms with Gasteiger partial charge in [-0.1, -0.05) is 13.8 Å². The van der Waals surface area contributed by atoms with Gasteiger partial charge in [0.25, 0.3) is 10.2 Å². The van der Waals surface area contributed by atoms with Crippen molar-refractivity contribution in [1.29, 1.82) is 0 Å². The van der Waals surface area contributed by atoms with Crippen molar-refractivity contribution >= 4 is 16.1 Å². The van der Waals surface area contributed by atoms with Crippen LogP contribution in [0.3, 0.4) is 0 Å². The van der Waals surface area contributed by atoms with E-state index >= 15 is 0 Å². The fourth-order valence-corrected chi connectivity index (χ4v) is 3.13. The first-order valence-electron chi connectivity index (χ1n) is 6.24. The molecule has 0 fully saturated rings. The molecule has 0 rings (SSSR count). The predicted octanol–water partition coefficient (Wildman–Crippen LogP) is 0.420. The van der Waals surface area contributed by atoms with Crippen molar-refractivity contribution in [3.63, 3.8) is 0 Å². The van der Waals surface area contributed by atoms with Crippen LogP contribution < -0.4 is 4.72 Å². The molecule has 6 nitrogen and oxygen atoms in total. The van der Waals surface area contributed by atoms with Crippen LogP contribution in [0.2, 0.25) is 0 Å². The molecule has 7 heteroatoms. The van der Waals surface area contributed by atoms with Gasteiger partial charge in [0, 0.05) is 27.2 Å². The lowest BCUT2D eigenvalue weighted by Crippen LogP contribution is -2.50. The van der Waals surface area contributed by atoms with E-state index in [1.165, 1.54) is 9.21 Å². The van der Waals surface area contributed by atoms with Crippen LogP contribution in [0.5, 0.6) is 0 Å². The Bertz CT molecular complexity index is 349. The topological polar surface area (TPSA) is 69.7 Å². The Balaban J connectivity index is 4.75. The SMILES string of the molecule is CCCN(CCC)S(=O)(=O)N[C@H](C)C(=O)N(C)C. The summed E-state index contributed by atoms with van der Waals surface area (Å²) in [7, 11) is -0.388. The highest BCUT2D eigenvalue weighted by molar-refractivity contribution is 7.87. The largest absolute Gasteiger partial charge is 0.347 e. The van der Waals surface area contributed by atoms with Crippen molar-refractivity contribution in [3.8, 4) is 0 Å². The number of nitrogens with zero attached hydrogens (tertiary/aromatic N) is 2. The maximum absolute atomic E-state index is 12.1. The molecule has 0 unspecified atom stereocenters. The zero-order valence-electron chi connectivity index (χ0n) is 11.9. The van der Waals surface area contributed by atoms with Gasteiger partial charge in [-0.3, -0.25) is 4.79 Å². The molecule has 0 heterocycles. The average molecular weight is 279 g/mol. The van der Waals surface area contributed by atoms with Gasteiger partial charge in [0.05, 0.1) is 6.04 Å². The van der Waals surface area contributed by atoms with Crippen LogP contribution in [0.4, 0.5) is 0 Å². The van der Waals surface area contributed by atoms with Crippen LogP contribution >= 0.6 is 0 Å². The first kappa shape index (κ1) is 17.3. The highest BCUT2D eigenvalue weighted by atomic mass is 32.2. The van der Waals surface area contributed by atoms with Gasteiger partial charge >= 0.3 is 0 Å². The summed E-state index contributed by atoms with van der Waals surface area (Å²) in [5, 5.41) is 0. The summed E-state index contributed by atoms with van der Waals surface area (Å²) in [5.74, 6) is -0.258. The first-order valence-corrected chi connectivity index (χ1v) is 7.68. The van der Waals surface area contributed by atoms with Crippen molar-refractivity contribution in [2.75, 3.05) is 27.2 Å². The minimum absolute atomic E-state index is 0.258. The summed E-state index contributed by atoms with van der Waals surface area (Å²) < 4.78 is 28.0. The van der Waals surface area contributed by atoms with Crippen LogP contribution in [-0.2, 0) is 15.0 Å². The molecule has 0 saturated carbocycles. The Hall–Kier alpha value is -0.660. The Morgan fingerprint density at radius 3 is 1.94 bits per heavy atom. The van der Waals surface area contributed by atoms with E-state index in [1.807, 2.05) is 13.8 Å². The molecule has 0 aliphatic rings. The van der Waals surface area contributed by atoms with Gasteiger partial charge in [0.15, 0.2) is 0 Å². The Morgan fingerprint density at radius 2 is 1.61 bits per heavy atom. The minimum atomic E-state index is -3.59. The molecule has 108 valence electrons. The molecular weight excluding hydrogens is 254 g/mol. The van der Waals surface area contributed by atoms with E-state index < -0.39 is 16.3 Å². The third kappa shape index (κ3) is 5.32. The molecular formula is C11H25N3O3S. The molecule has 1 amide bonds. The maximum atomic E-state index is 12.1. The zero-order valence-corrected chi connectivity index (χ0v) is 12.7. The van der Waals surface area contributed by atoms with Crippen molar-refractivity contribution in [2.24, 2.45) is 0 Å². The fourth-order valence-electron chi connectivity index (χ4n) is 1.59. The third-order valence-electron chi connectivity index (χ3n) is 2.42. The fraction of sp³-hybridized carbons (Fsp3) is 0.909. The van der Waals surface area contributed by atoms with Crippen LogP contribution in [-0.4, -0.2) is 56.8 Å². The molecule has 0 aromatic heterocycles. The minimum Gasteiger partial charge on any atom is -0.347 e. The van der Waals surface area contributed by atoms with Crippen molar-refractivity contribution in [2.45, 2.75) is 39.7 Å². The lowest BCUT2D eigenvalue weighted by atomic mass is 10.3. The molecule has 0 radical (unpaired) electrons. The van der Waals surface area contributed by atoms with Gasteiger partial charge in [-0.15, -0.1) is 0 Å². The summed E-state index contributed by atoms with van der Waals surface area (Å²) >= 11 is 0. The molecule has 0 aliphatic heterocycles. The lowest BCUT2D eigenvalue weighted by Gasteiger charge is -2.24. The highest BCUT2D eigenvalue weighted by Gasteiger charge is 2.26. The van der Waals surface area contributed by atoms with Crippen molar-refractivity contribution in [1.82, 2.24) is 13.9 Å². The van der Waals surface area contributed by atoms with Gasteiger partial charge in [-0.2, -0.15) is 17.4 Å². The molecule has 1 atom stereocenters. The predicted molar refractivity (Wildman–Crippen MR) is 72.4 cm³/mol. The number of amides is 1. The van der Waals surface area contributed by atoms with E-state index in [0.29, 0.717) is 13.1 Å². The van der Waals surface area contributed by atoms with Crippen LogP contribution in [0, 0.1) is 0 Å². The number of carbonyl (C=O) groups is 1. The van der Waals surface area contributed by atoms with Gasteiger partial charge in [0.2, 0.25) is 5.91 Å². The van der Waals surface area contributed by atoms with Crippen molar-refractivity contribution < 1.29 is 13.2 Å². The molecule has 0 saturated heterocycles. The number of hydrogen-bond acceptors (Lipinski definition) is 3. The van der Waals surface area contributed by atoms with Gasteiger partial charge in [0.1, 0.15) is 0 Å². The van der Waals surface area contributed by atoms with E-state index in [1.54, 1.807) is 21.0 Å². The second-order valence-electron chi connectivity index (χ2n) is 4.48. The van der Waals surface area contributed by atoms with Gasteiger partial charge < -0.3 is 4.90 Å². The molecule has 1 N–H and O–H groups in total. The second-order valence-corrected chi connectivity index (χ2v) is 6.18. The normalized spacial score (nSPS) is 13.7. The number of nitrogens with one attached hydrogen (secondary N) is 1. The molecule has 0 aliphatic carbocycles. The van der Waals surface area contributed by atoms with E-state index in [0.717, 1.165) is 12.8 Å². The standard InChI is InChI=1S/C11H25N3O3S/c1-6-8-14(9-7-2)18(16,17)12-10(3)11(15)13(4)5/h10,12H,6-9H2,1-5H3/t10-/m1/s1. The van der Waals surface area contributed by atoms with Crippen LogP contribution in [0.25, 0.3) is 0 Å². The van der Waals surface area contributed by atoms with Crippen LogP contribution in [0.15, 0.2) is 0 Å². The molecule has 0 spiro atoms. The quantitative estimate of drug-likeness (QED) is 0.700. The summed E-state index contributed by atoms with van der Waals surface area (Å²) in [6.45, 7) is 6.33. The van der Waals surface area contributed by atoms with E-state index in [-0.39, 0.29) is 5.91 Å². The third-order valence-corrected chi connectivity index (χ3v) is 4.12. The van der Waals surface area contributed by atoms with Gasteiger partial charge in [-0.05, 0) is 19.8 Å². The summed E-state index contributed by atoms with van der Waals surface area (Å²) in [4.78, 5) is 13.0. The second kappa shape index (κ2) is 7.70. The first-order chi connectivity index (χ1) is 8.26. The molecule has 0 aromatic rings. The average Bonchev–Trinajstić information content (AvgIpc) is 2.26. The summed E-state index contributed by atoms with van der Waals surface area (Å²) in [6, 6.07) is -0.749. The molecule has 0 bridgehead atoms. The lowest BCUT2D eigenvalue weighted by molar-refractivity contribution is -0.130. The molecule has 18 heavy (non-hydrogen) atoms. The Kier molecular flexibility index (Phi) is 7.42. The van der Waals surface area contributed by atoms with E-state index in [4.69, 9.17) is 0 Å². The Labute approximate surface area is 111 Å². The number of likely N-dealkylation sites (N-methyl/N-ethyl adjacent to an activating group) is 1. The number of hydrogen-bond donors (Lipinski definition) is 1. The monoisotopic (exact) mass is 279 g/mol. The summed E-state index contributed by atoms with van der Waals surface area (Å²) in [6.07, 6.45) is 1.49.